The van der Waals surface area contributed by atoms with Gasteiger partial charge in [0.05, 0.1) is 0 Å². The third-order valence-corrected chi connectivity index (χ3v) is 4.06. The molecule has 0 spiro atoms. The van der Waals surface area contributed by atoms with Gasteiger partial charge in [-0.25, -0.2) is 0 Å². The maximum Gasteiger partial charge on any atom is 0.000767 e. The normalized spacial score (nSPS) is 25.1. The standard InChI is InChI=1S/C13H27N3/c1-16(10-12-2-6-14-7-3-12)11-13-4-8-15-9-5-13/h12-15H,2-11H2,1H3. The minimum atomic E-state index is 0.938. The molecule has 0 aromatic rings. The summed E-state index contributed by atoms with van der Waals surface area (Å²) in [5.74, 6) is 1.88. The van der Waals surface area contributed by atoms with Crippen molar-refractivity contribution in [3.8, 4) is 0 Å². The molecule has 0 aromatic carbocycles. The highest BCUT2D eigenvalue weighted by Gasteiger charge is 2.18. The minimum Gasteiger partial charge on any atom is -0.317 e. The van der Waals surface area contributed by atoms with Gasteiger partial charge in [-0.05, 0) is 70.7 Å². The lowest BCUT2D eigenvalue weighted by Gasteiger charge is -2.31. The molecule has 2 rings (SSSR count). The second kappa shape index (κ2) is 6.58. The fourth-order valence-corrected chi connectivity index (χ4v) is 3.08. The van der Waals surface area contributed by atoms with Crippen LogP contribution in [0.15, 0.2) is 0 Å². The number of nitrogens with zero attached hydrogens (tertiary/aromatic N) is 1. The van der Waals surface area contributed by atoms with Gasteiger partial charge in [-0.2, -0.15) is 0 Å². The quantitative estimate of drug-likeness (QED) is 0.745. The monoisotopic (exact) mass is 225 g/mol. The van der Waals surface area contributed by atoms with E-state index in [0.29, 0.717) is 0 Å². The second-order valence-corrected chi connectivity index (χ2v) is 5.61. The molecule has 0 aliphatic carbocycles. The average Bonchev–Trinajstić information content (AvgIpc) is 2.31. The zero-order valence-electron chi connectivity index (χ0n) is 10.7. The van der Waals surface area contributed by atoms with E-state index in [4.69, 9.17) is 0 Å². The number of hydrogen-bond acceptors (Lipinski definition) is 3. The Labute approximate surface area is 100.0 Å². The minimum absolute atomic E-state index is 0.938. The molecular weight excluding hydrogens is 198 g/mol. The SMILES string of the molecule is CN(CC1CCNCC1)CC1CCNCC1. The van der Waals surface area contributed by atoms with Crippen LogP contribution in [0, 0.1) is 11.8 Å². The summed E-state index contributed by atoms with van der Waals surface area (Å²) in [4.78, 5) is 2.58. The average molecular weight is 225 g/mol. The first kappa shape index (κ1) is 12.3. The van der Waals surface area contributed by atoms with Crippen molar-refractivity contribution in [2.24, 2.45) is 11.8 Å². The van der Waals surface area contributed by atoms with Gasteiger partial charge in [0.15, 0.2) is 0 Å². The van der Waals surface area contributed by atoms with Gasteiger partial charge in [0, 0.05) is 13.1 Å². The number of rotatable bonds is 4. The van der Waals surface area contributed by atoms with Gasteiger partial charge >= 0.3 is 0 Å². The third-order valence-electron chi connectivity index (χ3n) is 4.06. The molecule has 2 N–H and O–H groups in total. The highest BCUT2D eigenvalue weighted by molar-refractivity contribution is 4.75. The van der Waals surface area contributed by atoms with E-state index < -0.39 is 0 Å². The fourth-order valence-electron chi connectivity index (χ4n) is 3.08. The molecule has 2 heterocycles. The molecule has 3 nitrogen and oxygen atoms in total. The van der Waals surface area contributed by atoms with Gasteiger partial charge in [0.1, 0.15) is 0 Å². The summed E-state index contributed by atoms with van der Waals surface area (Å²) in [5.41, 5.74) is 0. The van der Waals surface area contributed by atoms with Gasteiger partial charge < -0.3 is 15.5 Å². The van der Waals surface area contributed by atoms with Crippen molar-refractivity contribution in [2.45, 2.75) is 25.7 Å². The maximum absolute atomic E-state index is 3.44. The highest BCUT2D eigenvalue weighted by atomic mass is 15.1. The molecule has 0 radical (unpaired) electrons. The van der Waals surface area contributed by atoms with E-state index in [2.05, 4.69) is 22.6 Å². The Kier molecular flexibility index (Phi) is 5.07. The molecule has 3 heteroatoms. The number of piperidine rings is 2. The zero-order chi connectivity index (χ0) is 11.2. The summed E-state index contributed by atoms with van der Waals surface area (Å²) < 4.78 is 0. The molecule has 0 bridgehead atoms. The predicted molar refractivity (Wildman–Crippen MR) is 68.7 cm³/mol. The molecule has 2 saturated heterocycles. The van der Waals surface area contributed by atoms with Crippen molar-refractivity contribution in [2.75, 3.05) is 46.3 Å². The molecule has 0 amide bonds. The van der Waals surface area contributed by atoms with Gasteiger partial charge in [0.2, 0.25) is 0 Å². The first-order valence-electron chi connectivity index (χ1n) is 6.94. The zero-order valence-corrected chi connectivity index (χ0v) is 10.7. The fraction of sp³-hybridized carbons (Fsp3) is 1.00. The lowest BCUT2D eigenvalue weighted by molar-refractivity contribution is 0.195. The Morgan fingerprint density at radius 1 is 0.812 bits per heavy atom. The maximum atomic E-state index is 3.44. The molecular formula is C13H27N3. The second-order valence-electron chi connectivity index (χ2n) is 5.61. The Balaban J connectivity index is 1.64. The number of hydrogen-bond donors (Lipinski definition) is 2. The van der Waals surface area contributed by atoms with Crippen molar-refractivity contribution in [3.63, 3.8) is 0 Å². The van der Waals surface area contributed by atoms with Crippen molar-refractivity contribution < 1.29 is 0 Å². The first-order chi connectivity index (χ1) is 7.84. The molecule has 2 fully saturated rings. The first-order valence-corrected chi connectivity index (χ1v) is 6.94. The Hall–Kier alpha value is -0.120. The van der Waals surface area contributed by atoms with Crippen LogP contribution in [0.3, 0.4) is 0 Å². The largest absolute Gasteiger partial charge is 0.317 e. The predicted octanol–water partition coefficient (Wildman–Crippen LogP) is 0.917. The lowest BCUT2D eigenvalue weighted by atomic mass is 9.95. The summed E-state index contributed by atoms with van der Waals surface area (Å²) in [5, 5.41) is 6.89. The Morgan fingerprint density at radius 2 is 1.19 bits per heavy atom. The highest BCUT2D eigenvalue weighted by Crippen LogP contribution is 2.16. The van der Waals surface area contributed by atoms with Crippen molar-refractivity contribution in [1.29, 1.82) is 0 Å². The molecule has 2 aliphatic rings. The van der Waals surface area contributed by atoms with Crippen LogP contribution in [-0.4, -0.2) is 51.2 Å². The van der Waals surface area contributed by atoms with Gasteiger partial charge in [-0.3, -0.25) is 0 Å². The van der Waals surface area contributed by atoms with Gasteiger partial charge in [-0.15, -0.1) is 0 Å². The number of nitrogens with one attached hydrogen (secondary N) is 2. The van der Waals surface area contributed by atoms with E-state index in [0.717, 1.165) is 11.8 Å². The molecule has 2 aliphatic heterocycles. The Morgan fingerprint density at radius 3 is 1.56 bits per heavy atom. The van der Waals surface area contributed by atoms with Crippen molar-refractivity contribution in [1.82, 2.24) is 15.5 Å². The van der Waals surface area contributed by atoms with Crippen LogP contribution in [0.25, 0.3) is 0 Å². The summed E-state index contributed by atoms with van der Waals surface area (Å²) in [6.07, 6.45) is 5.49. The van der Waals surface area contributed by atoms with E-state index in [1.54, 1.807) is 0 Å². The van der Waals surface area contributed by atoms with Gasteiger partial charge in [0.25, 0.3) is 0 Å². The van der Waals surface area contributed by atoms with Gasteiger partial charge in [-0.1, -0.05) is 0 Å². The van der Waals surface area contributed by atoms with Crippen LogP contribution in [0.1, 0.15) is 25.7 Å². The topological polar surface area (TPSA) is 27.3 Å². The van der Waals surface area contributed by atoms with E-state index >= 15 is 0 Å². The summed E-state index contributed by atoms with van der Waals surface area (Å²) in [6, 6.07) is 0. The summed E-state index contributed by atoms with van der Waals surface area (Å²) >= 11 is 0. The molecule has 0 unspecified atom stereocenters. The molecule has 0 atom stereocenters. The molecule has 0 aromatic heterocycles. The third kappa shape index (κ3) is 4.04. The van der Waals surface area contributed by atoms with Crippen LogP contribution in [-0.2, 0) is 0 Å². The lowest BCUT2D eigenvalue weighted by Crippen LogP contribution is -2.38. The van der Waals surface area contributed by atoms with Crippen LogP contribution in [0.4, 0.5) is 0 Å². The van der Waals surface area contributed by atoms with Crippen LogP contribution in [0.2, 0.25) is 0 Å². The molecule has 94 valence electrons. The van der Waals surface area contributed by atoms with Crippen molar-refractivity contribution in [3.05, 3.63) is 0 Å². The summed E-state index contributed by atoms with van der Waals surface area (Å²) in [7, 11) is 2.31. The van der Waals surface area contributed by atoms with E-state index in [1.165, 1.54) is 65.0 Å². The van der Waals surface area contributed by atoms with Crippen LogP contribution < -0.4 is 10.6 Å². The van der Waals surface area contributed by atoms with E-state index in [9.17, 15) is 0 Å². The smallest absolute Gasteiger partial charge is 0.000767 e. The summed E-state index contributed by atoms with van der Waals surface area (Å²) in [6.45, 7) is 7.53. The molecule has 16 heavy (non-hydrogen) atoms. The van der Waals surface area contributed by atoms with Crippen molar-refractivity contribution >= 4 is 0 Å². The Bertz CT molecular complexity index is 164. The van der Waals surface area contributed by atoms with E-state index in [1.807, 2.05) is 0 Å². The van der Waals surface area contributed by atoms with Crippen LogP contribution in [0.5, 0.6) is 0 Å². The van der Waals surface area contributed by atoms with Crippen LogP contribution >= 0.6 is 0 Å². The molecule has 0 saturated carbocycles. The van der Waals surface area contributed by atoms with E-state index in [-0.39, 0.29) is 0 Å².